The third-order valence-electron chi connectivity index (χ3n) is 3.66. The zero-order chi connectivity index (χ0) is 17.1. The Kier molecular flexibility index (Phi) is 3.84. The van der Waals surface area contributed by atoms with Crippen molar-refractivity contribution in [1.29, 1.82) is 0 Å². The van der Waals surface area contributed by atoms with Crippen LogP contribution in [0.2, 0.25) is 0 Å². The number of nitrogens with one attached hydrogen (secondary N) is 2. The Labute approximate surface area is 143 Å². The van der Waals surface area contributed by atoms with E-state index in [0.717, 1.165) is 22.3 Å². The van der Waals surface area contributed by atoms with E-state index < -0.39 is 0 Å². The van der Waals surface area contributed by atoms with Gasteiger partial charge in [0.05, 0.1) is 29.4 Å². The first-order valence-corrected chi connectivity index (χ1v) is 7.71. The molecule has 1 aromatic carbocycles. The molecule has 0 aliphatic rings. The Morgan fingerprint density at radius 2 is 1.88 bits per heavy atom. The predicted octanol–water partition coefficient (Wildman–Crippen LogP) is 4.22. The summed E-state index contributed by atoms with van der Waals surface area (Å²) in [5.41, 5.74) is 2.58. The number of hydrogen-bond donors (Lipinski definition) is 2. The van der Waals surface area contributed by atoms with Gasteiger partial charge in [-0.05, 0) is 36.4 Å². The molecule has 3 heterocycles. The van der Waals surface area contributed by atoms with Gasteiger partial charge in [-0.3, -0.25) is 9.78 Å². The van der Waals surface area contributed by atoms with Crippen molar-refractivity contribution in [3.8, 4) is 0 Å². The molecule has 122 valence electrons. The van der Waals surface area contributed by atoms with Gasteiger partial charge in [-0.1, -0.05) is 18.2 Å². The fraction of sp³-hybridized carbons (Fsp3) is 0. The lowest BCUT2D eigenvalue weighted by atomic mass is 10.2. The van der Waals surface area contributed by atoms with E-state index in [9.17, 15) is 4.79 Å². The largest absolute Gasteiger partial charge is 0.459 e. The summed E-state index contributed by atoms with van der Waals surface area (Å²) in [5, 5.41) is 7.04. The van der Waals surface area contributed by atoms with Crippen LogP contribution in [0.4, 0.5) is 17.2 Å². The Hall–Kier alpha value is -3.67. The van der Waals surface area contributed by atoms with Gasteiger partial charge in [-0.25, -0.2) is 4.98 Å². The van der Waals surface area contributed by atoms with E-state index in [0.29, 0.717) is 5.82 Å². The number of pyridine rings is 2. The maximum atomic E-state index is 11.9. The van der Waals surface area contributed by atoms with Crippen LogP contribution in [-0.2, 0) is 0 Å². The molecule has 0 atom stereocenters. The smallest absolute Gasteiger partial charge is 0.292 e. The van der Waals surface area contributed by atoms with Gasteiger partial charge in [0.1, 0.15) is 5.82 Å². The molecule has 3 aromatic heterocycles. The van der Waals surface area contributed by atoms with E-state index in [-0.39, 0.29) is 11.7 Å². The molecule has 0 saturated heterocycles. The monoisotopic (exact) mass is 330 g/mol. The van der Waals surface area contributed by atoms with Gasteiger partial charge in [0.25, 0.3) is 5.91 Å². The fourth-order valence-corrected chi connectivity index (χ4v) is 2.49. The van der Waals surface area contributed by atoms with Crippen molar-refractivity contribution in [2.45, 2.75) is 0 Å². The first-order chi connectivity index (χ1) is 12.3. The number of anilines is 3. The molecule has 0 bridgehead atoms. The van der Waals surface area contributed by atoms with Crippen molar-refractivity contribution in [2.24, 2.45) is 0 Å². The third-order valence-corrected chi connectivity index (χ3v) is 3.66. The Bertz CT molecular complexity index is 1010. The van der Waals surface area contributed by atoms with Gasteiger partial charge < -0.3 is 15.1 Å². The van der Waals surface area contributed by atoms with Crippen molar-refractivity contribution in [2.75, 3.05) is 10.6 Å². The van der Waals surface area contributed by atoms with Crippen LogP contribution in [0.15, 0.2) is 77.7 Å². The Morgan fingerprint density at radius 1 is 0.960 bits per heavy atom. The van der Waals surface area contributed by atoms with Gasteiger partial charge >= 0.3 is 0 Å². The highest BCUT2D eigenvalue weighted by Gasteiger charge is 2.09. The molecule has 0 radical (unpaired) electrons. The van der Waals surface area contributed by atoms with Crippen LogP contribution in [-0.4, -0.2) is 15.9 Å². The van der Waals surface area contributed by atoms with E-state index in [4.69, 9.17) is 4.42 Å². The number of carbonyl (C=O) groups excluding carboxylic acids is 1. The first-order valence-electron chi connectivity index (χ1n) is 7.71. The number of rotatable bonds is 4. The number of nitrogens with zero attached hydrogens (tertiary/aromatic N) is 2. The van der Waals surface area contributed by atoms with Gasteiger partial charge in [0.2, 0.25) is 0 Å². The second kappa shape index (κ2) is 6.45. The summed E-state index contributed by atoms with van der Waals surface area (Å²) in [6.07, 6.45) is 4.87. The molecule has 6 nitrogen and oxygen atoms in total. The first kappa shape index (κ1) is 14.9. The van der Waals surface area contributed by atoms with E-state index >= 15 is 0 Å². The molecule has 6 heteroatoms. The number of furan rings is 1. The van der Waals surface area contributed by atoms with Gasteiger partial charge in [0.15, 0.2) is 5.76 Å². The molecular formula is C19H14N4O2. The van der Waals surface area contributed by atoms with Crippen LogP contribution in [0, 0.1) is 0 Å². The van der Waals surface area contributed by atoms with Gasteiger partial charge in [-0.15, -0.1) is 0 Å². The highest BCUT2D eigenvalue weighted by molar-refractivity contribution is 6.01. The van der Waals surface area contributed by atoms with Crippen molar-refractivity contribution < 1.29 is 9.21 Å². The van der Waals surface area contributed by atoms with Crippen LogP contribution in [0.5, 0.6) is 0 Å². The van der Waals surface area contributed by atoms with Gasteiger partial charge in [0, 0.05) is 11.6 Å². The summed E-state index contributed by atoms with van der Waals surface area (Å²) in [6.45, 7) is 0. The normalized spacial score (nSPS) is 10.6. The Morgan fingerprint density at radius 3 is 2.68 bits per heavy atom. The van der Waals surface area contributed by atoms with E-state index in [2.05, 4.69) is 20.6 Å². The standard InChI is InChI=1S/C19H14N4O2/c24-19(16-7-3-11-25-16)23-17-9-8-14(12-21-17)22-15-6-1-4-13-5-2-10-20-18(13)15/h1-12,22H,(H,21,23,24). The minimum Gasteiger partial charge on any atom is -0.459 e. The number of hydrogen-bond acceptors (Lipinski definition) is 5. The van der Waals surface area contributed by atoms with Crippen LogP contribution in [0.1, 0.15) is 10.6 Å². The van der Waals surface area contributed by atoms with Crippen LogP contribution < -0.4 is 10.6 Å². The maximum absolute atomic E-state index is 11.9. The molecule has 25 heavy (non-hydrogen) atoms. The molecule has 1 amide bonds. The average molecular weight is 330 g/mol. The summed E-state index contributed by atoms with van der Waals surface area (Å²) in [7, 11) is 0. The minimum atomic E-state index is -0.337. The van der Waals surface area contributed by atoms with Gasteiger partial charge in [-0.2, -0.15) is 0 Å². The second-order valence-electron chi connectivity index (χ2n) is 5.37. The third kappa shape index (κ3) is 3.18. The summed E-state index contributed by atoms with van der Waals surface area (Å²) in [4.78, 5) is 20.6. The molecule has 2 N–H and O–H groups in total. The highest BCUT2D eigenvalue weighted by Crippen LogP contribution is 2.24. The topological polar surface area (TPSA) is 80.0 Å². The van der Waals surface area contributed by atoms with E-state index in [1.165, 1.54) is 6.26 Å². The molecule has 0 saturated carbocycles. The Balaban J connectivity index is 1.51. The zero-order valence-corrected chi connectivity index (χ0v) is 13.1. The van der Waals surface area contributed by atoms with Crippen molar-refractivity contribution in [3.63, 3.8) is 0 Å². The summed E-state index contributed by atoms with van der Waals surface area (Å²) in [6, 6.07) is 16.7. The summed E-state index contributed by atoms with van der Waals surface area (Å²) >= 11 is 0. The van der Waals surface area contributed by atoms with E-state index in [1.54, 1.807) is 30.6 Å². The summed E-state index contributed by atoms with van der Waals surface area (Å²) in [5.74, 6) is 0.352. The molecule has 4 rings (SSSR count). The lowest BCUT2D eigenvalue weighted by Crippen LogP contribution is -2.11. The van der Waals surface area contributed by atoms with Crippen LogP contribution in [0.3, 0.4) is 0 Å². The molecule has 0 spiro atoms. The number of amides is 1. The molecule has 0 aliphatic carbocycles. The lowest BCUT2D eigenvalue weighted by Gasteiger charge is -2.09. The number of carbonyl (C=O) groups is 1. The minimum absolute atomic E-state index is 0.242. The second-order valence-corrected chi connectivity index (χ2v) is 5.37. The SMILES string of the molecule is O=C(Nc1ccc(Nc2cccc3cccnc23)cn1)c1ccco1. The quantitative estimate of drug-likeness (QED) is 0.585. The highest BCUT2D eigenvalue weighted by atomic mass is 16.3. The average Bonchev–Trinajstić information content (AvgIpc) is 3.19. The van der Waals surface area contributed by atoms with Crippen LogP contribution in [0.25, 0.3) is 10.9 Å². The lowest BCUT2D eigenvalue weighted by molar-refractivity contribution is 0.0996. The predicted molar refractivity (Wildman–Crippen MR) is 95.9 cm³/mol. The molecule has 0 aliphatic heterocycles. The van der Waals surface area contributed by atoms with Crippen molar-refractivity contribution in [1.82, 2.24) is 9.97 Å². The number of aromatic nitrogens is 2. The zero-order valence-electron chi connectivity index (χ0n) is 13.1. The number of fused-ring (bicyclic) bond motifs is 1. The molecule has 0 unspecified atom stereocenters. The molecule has 0 fully saturated rings. The fourth-order valence-electron chi connectivity index (χ4n) is 2.49. The number of para-hydroxylation sites is 1. The molecular weight excluding hydrogens is 316 g/mol. The maximum Gasteiger partial charge on any atom is 0.292 e. The molecule has 4 aromatic rings. The number of benzene rings is 1. The van der Waals surface area contributed by atoms with E-state index in [1.807, 2.05) is 36.4 Å². The van der Waals surface area contributed by atoms with Crippen LogP contribution >= 0.6 is 0 Å². The summed E-state index contributed by atoms with van der Waals surface area (Å²) < 4.78 is 5.05. The van der Waals surface area contributed by atoms with Crippen molar-refractivity contribution in [3.05, 3.63) is 79.0 Å². The van der Waals surface area contributed by atoms with Crippen molar-refractivity contribution >= 4 is 34.0 Å².